The number of thioether (sulfide) groups is 1. The zero-order valence-electron chi connectivity index (χ0n) is 7.01. The Morgan fingerprint density at radius 1 is 1.38 bits per heavy atom. The van der Waals surface area contributed by atoms with Crippen molar-refractivity contribution in [2.45, 2.75) is 0 Å². The fourth-order valence-electron chi connectivity index (χ4n) is 0.967. The van der Waals surface area contributed by atoms with Crippen LogP contribution in [0.15, 0.2) is 18.2 Å². The molecule has 0 radical (unpaired) electrons. The lowest BCUT2D eigenvalue weighted by atomic mass is 10.1. The Balaban J connectivity index is 3.05. The van der Waals surface area contributed by atoms with Crippen molar-refractivity contribution in [2.75, 3.05) is 12.0 Å². The van der Waals surface area contributed by atoms with Gasteiger partial charge in [0.05, 0.1) is 21.4 Å². The molecule has 0 fully saturated rings. The Labute approximate surface area is 91.4 Å². The van der Waals surface area contributed by atoms with Crippen LogP contribution < -0.4 is 0 Å². The molecule has 1 rings (SSSR count). The van der Waals surface area contributed by atoms with Gasteiger partial charge in [-0.05, 0) is 18.4 Å². The number of benzene rings is 1. The predicted octanol–water partition coefficient (Wildman–Crippen LogP) is 3.54. The van der Waals surface area contributed by atoms with Crippen LogP contribution in [0.1, 0.15) is 10.4 Å². The van der Waals surface area contributed by atoms with E-state index in [0.29, 0.717) is 21.4 Å². The molecule has 0 unspecified atom stereocenters. The van der Waals surface area contributed by atoms with E-state index in [9.17, 15) is 4.79 Å². The third-order valence-corrected chi connectivity index (χ3v) is 2.70. The average molecular weight is 235 g/mol. The van der Waals surface area contributed by atoms with Crippen molar-refractivity contribution in [1.82, 2.24) is 0 Å². The van der Waals surface area contributed by atoms with Gasteiger partial charge in [0.1, 0.15) is 0 Å². The van der Waals surface area contributed by atoms with Crippen molar-refractivity contribution in [3.8, 4) is 0 Å². The maximum Gasteiger partial charge on any atom is 0.175 e. The molecule has 13 heavy (non-hydrogen) atoms. The van der Waals surface area contributed by atoms with E-state index < -0.39 is 0 Å². The van der Waals surface area contributed by atoms with E-state index in [-0.39, 0.29) is 5.78 Å². The number of hydrogen-bond donors (Lipinski definition) is 0. The summed E-state index contributed by atoms with van der Waals surface area (Å²) < 4.78 is 0. The number of rotatable bonds is 3. The molecule has 0 heterocycles. The van der Waals surface area contributed by atoms with E-state index in [4.69, 9.17) is 23.2 Å². The third-order valence-electron chi connectivity index (χ3n) is 1.52. The van der Waals surface area contributed by atoms with E-state index in [2.05, 4.69) is 0 Å². The zero-order valence-corrected chi connectivity index (χ0v) is 9.34. The first kappa shape index (κ1) is 10.9. The standard InChI is InChI=1S/C9H8Cl2OS/c1-13-5-8(12)9-6(10)3-2-4-7(9)11/h2-4H,5H2,1H3. The highest BCUT2D eigenvalue weighted by molar-refractivity contribution is 7.99. The van der Waals surface area contributed by atoms with E-state index in [1.54, 1.807) is 18.2 Å². The van der Waals surface area contributed by atoms with Crippen molar-refractivity contribution in [2.24, 2.45) is 0 Å². The maximum atomic E-state index is 11.5. The van der Waals surface area contributed by atoms with Crippen molar-refractivity contribution >= 4 is 40.7 Å². The third kappa shape index (κ3) is 2.63. The quantitative estimate of drug-likeness (QED) is 0.745. The highest BCUT2D eigenvalue weighted by atomic mass is 35.5. The van der Waals surface area contributed by atoms with Gasteiger partial charge in [-0.1, -0.05) is 29.3 Å². The molecule has 0 aliphatic heterocycles. The lowest BCUT2D eigenvalue weighted by molar-refractivity contribution is 0.102. The Hall–Kier alpha value is -0.180. The molecule has 0 amide bonds. The topological polar surface area (TPSA) is 17.1 Å². The molecular formula is C9H8Cl2OS. The molecule has 1 nitrogen and oxygen atoms in total. The van der Waals surface area contributed by atoms with Gasteiger partial charge in [-0.3, -0.25) is 4.79 Å². The van der Waals surface area contributed by atoms with Gasteiger partial charge in [-0.15, -0.1) is 0 Å². The number of carbonyl (C=O) groups is 1. The fraction of sp³-hybridized carbons (Fsp3) is 0.222. The molecule has 0 aromatic heterocycles. The van der Waals surface area contributed by atoms with Crippen LogP contribution in [0.5, 0.6) is 0 Å². The lowest BCUT2D eigenvalue weighted by Gasteiger charge is -2.03. The first-order valence-electron chi connectivity index (χ1n) is 3.63. The SMILES string of the molecule is CSCC(=O)c1c(Cl)cccc1Cl. The van der Waals surface area contributed by atoms with Crippen LogP contribution in [0.25, 0.3) is 0 Å². The molecule has 0 N–H and O–H groups in total. The van der Waals surface area contributed by atoms with Crippen molar-refractivity contribution in [1.29, 1.82) is 0 Å². The summed E-state index contributed by atoms with van der Waals surface area (Å²) in [5.41, 5.74) is 0.431. The molecule has 0 saturated heterocycles. The summed E-state index contributed by atoms with van der Waals surface area (Å²) in [6.45, 7) is 0. The van der Waals surface area contributed by atoms with Gasteiger partial charge < -0.3 is 0 Å². The highest BCUT2D eigenvalue weighted by Crippen LogP contribution is 2.25. The second-order valence-corrected chi connectivity index (χ2v) is 4.13. The Kier molecular flexibility index (Phi) is 4.10. The highest BCUT2D eigenvalue weighted by Gasteiger charge is 2.12. The minimum absolute atomic E-state index is 0.0249. The zero-order chi connectivity index (χ0) is 9.84. The molecule has 0 aliphatic rings. The van der Waals surface area contributed by atoms with Crippen LogP contribution in [0.4, 0.5) is 0 Å². The molecule has 4 heteroatoms. The molecule has 1 aromatic rings. The molecule has 70 valence electrons. The van der Waals surface area contributed by atoms with Crippen LogP contribution in [0.2, 0.25) is 10.0 Å². The normalized spacial score (nSPS) is 10.1. The average Bonchev–Trinajstić information content (AvgIpc) is 2.04. The Bertz CT molecular complexity index is 305. The number of carbonyl (C=O) groups excluding carboxylic acids is 1. The second kappa shape index (κ2) is 4.89. The molecule has 0 bridgehead atoms. The molecule has 0 saturated carbocycles. The number of halogens is 2. The lowest BCUT2D eigenvalue weighted by Crippen LogP contribution is -2.03. The summed E-state index contributed by atoms with van der Waals surface area (Å²) in [6.07, 6.45) is 1.86. The van der Waals surface area contributed by atoms with E-state index in [1.807, 2.05) is 6.26 Å². The van der Waals surface area contributed by atoms with Crippen LogP contribution in [-0.4, -0.2) is 17.8 Å². The monoisotopic (exact) mass is 234 g/mol. The van der Waals surface area contributed by atoms with Gasteiger partial charge in [0.25, 0.3) is 0 Å². The molecule has 0 aliphatic carbocycles. The summed E-state index contributed by atoms with van der Waals surface area (Å²) in [6, 6.07) is 5.06. The van der Waals surface area contributed by atoms with E-state index >= 15 is 0 Å². The minimum atomic E-state index is -0.0249. The molecule has 1 aromatic carbocycles. The van der Waals surface area contributed by atoms with Crippen LogP contribution >= 0.6 is 35.0 Å². The predicted molar refractivity (Wildman–Crippen MR) is 59.2 cm³/mol. The summed E-state index contributed by atoms with van der Waals surface area (Å²) >= 11 is 13.1. The molecular weight excluding hydrogens is 227 g/mol. The second-order valence-electron chi connectivity index (χ2n) is 2.45. The summed E-state index contributed by atoms with van der Waals surface area (Å²) in [5.74, 6) is 0.381. The molecule has 0 spiro atoms. The van der Waals surface area contributed by atoms with Crippen LogP contribution in [0.3, 0.4) is 0 Å². The fourth-order valence-corrected chi connectivity index (χ4v) is 1.98. The Morgan fingerprint density at radius 3 is 2.38 bits per heavy atom. The van der Waals surface area contributed by atoms with Gasteiger partial charge in [0, 0.05) is 0 Å². The number of hydrogen-bond acceptors (Lipinski definition) is 2. The van der Waals surface area contributed by atoms with Crippen LogP contribution in [-0.2, 0) is 0 Å². The van der Waals surface area contributed by atoms with Crippen molar-refractivity contribution in [3.05, 3.63) is 33.8 Å². The van der Waals surface area contributed by atoms with Gasteiger partial charge in [-0.25, -0.2) is 0 Å². The van der Waals surface area contributed by atoms with Crippen LogP contribution in [0, 0.1) is 0 Å². The van der Waals surface area contributed by atoms with Gasteiger partial charge >= 0.3 is 0 Å². The summed E-state index contributed by atoms with van der Waals surface area (Å²) in [4.78, 5) is 11.5. The van der Waals surface area contributed by atoms with Gasteiger partial charge in [0.2, 0.25) is 0 Å². The first-order chi connectivity index (χ1) is 6.16. The van der Waals surface area contributed by atoms with Gasteiger partial charge in [-0.2, -0.15) is 11.8 Å². The largest absolute Gasteiger partial charge is 0.293 e. The Morgan fingerprint density at radius 2 is 1.92 bits per heavy atom. The minimum Gasteiger partial charge on any atom is -0.293 e. The number of ketones is 1. The van der Waals surface area contributed by atoms with Crippen molar-refractivity contribution < 1.29 is 4.79 Å². The number of Topliss-reactive ketones (excluding diaryl/α,β-unsaturated/α-hetero) is 1. The first-order valence-corrected chi connectivity index (χ1v) is 5.78. The van der Waals surface area contributed by atoms with E-state index in [0.717, 1.165) is 0 Å². The van der Waals surface area contributed by atoms with Gasteiger partial charge in [0.15, 0.2) is 5.78 Å². The van der Waals surface area contributed by atoms with E-state index in [1.165, 1.54) is 11.8 Å². The smallest absolute Gasteiger partial charge is 0.175 e. The maximum absolute atomic E-state index is 11.5. The summed E-state index contributed by atoms with van der Waals surface area (Å²) in [5, 5.41) is 0.845. The van der Waals surface area contributed by atoms with Crippen molar-refractivity contribution in [3.63, 3.8) is 0 Å². The molecule has 0 atom stereocenters. The summed E-state index contributed by atoms with van der Waals surface area (Å²) in [7, 11) is 0.